The Kier molecular flexibility index (Phi) is 4.63. The van der Waals surface area contributed by atoms with Gasteiger partial charge in [-0.2, -0.15) is 10.4 Å². The van der Waals surface area contributed by atoms with Gasteiger partial charge in [0.15, 0.2) is 0 Å². The van der Waals surface area contributed by atoms with Crippen molar-refractivity contribution in [3.8, 4) is 17.3 Å². The van der Waals surface area contributed by atoms with E-state index in [4.69, 9.17) is 10.4 Å². The molecule has 0 aliphatic carbocycles. The fourth-order valence-corrected chi connectivity index (χ4v) is 1.76. The van der Waals surface area contributed by atoms with Crippen molar-refractivity contribution in [2.24, 2.45) is 0 Å². The van der Waals surface area contributed by atoms with Crippen LogP contribution in [0.2, 0.25) is 0 Å². The molecule has 2 aromatic rings. The van der Waals surface area contributed by atoms with Crippen molar-refractivity contribution in [2.45, 2.75) is 19.9 Å². The van der Waals surface area contributed by atoms with Crippen LogP contribution in [0.5, 0.6) is 0 Å². The normalized spacial score (nSPS) is 10.2. The number of hydrogen-bond donors (Lipinski definition) is 2. The summed E-state index contributed by atoms with van der Waals surface area (Å²) >= 11 is 0. The van der Waals surface area contributed by atoms with Gasteiger partial charge in [0.1, 0.15) is 0 Å². The van der Waals surface area contributed by atoms with Crippen LogP contribution in [0.1, 0.15) is 12.0 Å². The van der Waals surface area contributed by atoms with Gasteiger partial charge in [-0.1, -0.05) is 0 Å². The molecule has 0 saturated heterocycles. The molecule has 0 amide bonds. The number of rotatable bonds is 6. The smallest absolute Gasteiger partial charge is 0.223 e. The fourth-order valence-electron chi connectivity index (χ4n) is 1.76. The molecule has 104 valence electrons. The van der Waals surface area contributed by atoms with E-state index in [0.29, 0.717) is 25.5 Å². The van der Waals surface area contributed by atoms with Gasteiger partial charge in [0.05, 0.1) is 37.5 Å². The third kappa shape index (κ3) is 3.30. The summed E-state index contributed by atoms with van der Waals surface area (Å²) in [5, 5.41) is 24.5. The van der Waals surface area contributed by atoms with Gasteiger partial charge in [0, 0.05) is 24.5 Å². The maximum atomic E-state index is 8.80. The standard InChI is InChI=1S/C13H16N6O/c1-10-7-16-13(15-4-6-20)18-12(10)11-8-17-19(9-11)5-2-3-14/h7-9,20H,2,4-6H2,1H3,(H,15,16,18). The van der Waals surface area contributed by atoms with Gasteiger partial charge in [0.2, 0.25) is 5.95 Å². The SMILES string of the molecule is Cc1cnc(NCCO)nc1-c1cnn(CCC#N)c1. The Labute approximate surface area is 116 Å². The van der Waals surface area contributed by atoms with Crippen LogP contribution in [0.4, 0.5) is 5.95 Å². The summed E-state index contributed by atoms with van der Waals surface area (Å²) in [5.41, 5.74) is 2.62. The monoisotopic (exact) mass is 272 g/mol. The first-order chi connectivity index (χ1) is 9.74. The molecular weight excluding hydrogens is 256 g/mol. The van der Waals surface area contributed by atoms with Crippen LogP contribution in [0.3, 0.4) is 0 Å². The number of nitriles is 1. The van der Waals surface area contributed by atoms with E-state index in [0.717, 1.165) is 16.8 Å². The number of anilines is 1. The Morgan fingerprint density at radius 1 is 1.45 bits per heavy atom. The Morgan fingerprint density at radius 2 is 2.30 bits per heavy atom. The molecule has 20 heavy (non-hydrogen) atoms. The number of aryl methyl sites for hydroxylation is 2. The van der Waals surface area contributed by atoms with Gasteiger partial charge in [-0.15, -0.1) is 0 Å². The highest BCUT2D eigenvalue weighted by Crippen LogP contribution is 2.21. The molecule has 0 aromatic carbocycles. The minimum Gasteiger partial charge on any atom is -0.395 e. The lowest BCUT2D eigenvalue weighted by Gasteiger charge is -2.06. The number of nitrogens with one attached hydrogen (secondary N) is 1. The molecular formula is C13H16N6O. The molecule has 0 saturated carbocycles. The summed E-state index contributed by atoms with van der Waals surface area (Å²) in [6.45, 7) is 2.93. The highest BCUT2D eigenvalue weighted by atomic mass is 16.3. The van der Waals surface area contributed by atoms with Gasteiger partial charge in [-0.3, -0.25) is 4.68 Å². The van der Waals surface area contributed by atoms with Crippen LogP contribution in [0.15, 0.2) is 18.6 Å². The lowest BCUT2D eigenvalue weighted by molar-refractivity contribution is 0.311. The number of aliphatic hydroxyl groups excluding tert-OH is 1. The zero-order chi connectivity index (χ0) is 14.4. The minimum absolute atomic E-state index is 0.0265. The van der Waals surface area contributed by atoms with E-state index in [1.165, 1.54) is 0 Å². The average molecular weight is 272 g/mol. The third-order valence-electron chi connectivity index (χ3n) is 2.73. The van der Waals surface area contributed by atoms with Crippen LogP contribution >= 0.6 is 0 Å². The number of nitrogens with zero attached hydrogens (tertiary/aromatic N) is 5. The summed E-state index contributed by atoms with van der Waals surface area (Å²) in [4.78, 5) is 8.58. The summed E-state index contributed by atoms with van der Waals surface area (Å²) in [6.07, 6.45) is 5.74. The van der Waals surface area contributed by atoms with Crippen molar-refractivity contribution >= 4 is 5.95 Å². The second kappa shape index (κ2) is 6.63. The summed E-state index contributed by atoms with van der Waals surface area (Å²) in [6, 6.07) is 2.09. The van der Waals surface area contributed by atoms with Crippen molar-refractivity contribution in [3.05, 3.63) is 24.2 Å². The van der Waals surface area contributed by atoms with Crippen LogP contribution in [0.25, 0.3) is 11.3 Å². The van der Waals surface area contributed by atoms with Crippen LogP contribution in [-0.4, -0.2) is 38.0 Å². The minimum atomic E-state index is 0.0265. The molecule has 2 N–H and O–H groups in total. The van der Waals surface area contributed by atoms with E-state index >= 15 is 0 Å². The first kappa shape index (κ1) is 14.0. The van der Waals surface area contributed by atoms with Crippen LogP contribution < -0.4 is 5.32 Å². The van der Waals surface area contributed by atoms with Crippen molar-refractivity contribution in [1.29, 1.82) is 5.26 Å². The van der Waals surface area contributed by atoms with Gasteiger partial charge in [0.25, 0.3) is 0 Å². The number of aromatic nitrogens is 4. The van der Waals surface area contributed by atoms with Gasteiger partial charge < -0.3 is 10.4 Å². The lowest BCUT2D eigenvalue weighted by Crippen LogP contribution is -2.09. The van der Waals surface area contributed by atoms with E-state index in [2.05, 4.69) is 26.5 Å². The second-order valence-electron chi connectivity index (χ2n) is 4.28. The predicted octanol–water partition coefficient (Wildman–Crippen LogP) is 0.966. The van der Waals surface area contributed by atoms with Crippen molar-refractivity contribution < 1.29 is 5.11 Å². The predicted molar refractivity (Wildman–Crippen MR) is 73.8 cm³/mol. The zero-order valence-corrected chi connectivity index (χ0v) is 11.2. The number of hydrogen-bond acceptors (Lipinski definition) is 6. The fraction of sp³-hybridized carbons (Fsp3) is 0.385. The van der Waals surface area contributed by atoms with E-state index in [1.54, 1.807) is 17.1 Å². The van der Waals surface area contributed by atoms with Crippen molar-refractivity contribution in [1.82, 2.24) is 19.7 Å². The molecule has 0 aliphatic heterocycles. The van der Waals surface area contributed by atoms with Gasteiger partial charge in [-0.05, 0) is 12.5 Å². The Hall–Kier alpha value is -2.46. The first-order valence-electron chi connectivity index (χ1n) is 6.32. The highest BCUT2D eigenvalue weighted by Gasteiger charge is 2.09. The second-order valence-corrected chi connectivity index (χ2v) is 4.28. The molecule has 2 heterocycles. The van der Waals surface area contributed by atoms with E-state index in [-0.39, 0.29) is 6.61 Å². The lowest BCUT2D eigenvalue weighted by atomic mass is 10.1. The maximum absolute atomic E-state index is 8.80. The molecule has 0 unspecified atom stereocenters. The third-order valence-corrected chi connectivity index (χ3v) is 2.73. The molecule has 0 atom stereocenters. The van der Waals surface area contributed by atoms with Crippen molar-refractivity contribution in [3.63, 3.8) is 0 Å². The number of aliphatic hydroxyl groups is 1. The Balaban J connectivity index is 2.22. The van der Waals surface area contributed by atoms with Gasteiger partial charge in [-0.25, -0.2) is 9.97 Å². The molecule has 0 aliphatic rings. The average Bonchev–Trinajstić information content (AvgIpc) is 2.93. The molecule has 0 radical (unpaired) electrons. The van der Waals surface area contributed by atoms with E-state index < -0.39 is 0 Å². The summed E-state index contributed by atoms with van der Waals surface area (Å²) in [5.74, 6) is 0.476. The van der Waals surface area contributed by atoms with E-state index in [1.807, 2.05) is 13.1 Å². The largest absolute Gasteiger partial charge is 0.395 e. The topological polar surface area (TPSA) is 99.7 Å². The Bertz CT molecular complexity index is 616. The van der Waals surface area contributed by atoms with Crippen LogP contribution in [-0.2, 0) is 6.54 Å². The summed E-state index contributed by atoms with van der Waals surface area (Å²) < 4.78 is 1.72. The van der Waals surface area contributed by atoms with Gasteiger partial charge >= 0.3 is 0 Å². The first-order valence-corrected chi connectivity index (χ1v) is 6.32. The van der Waals surface area contributed by atoms with E-state index in [9.17, 15) is 0 Å². The molecule has 0 spiro atoms. The quantitative estimate of drug-likeness (QED) is 0.812. The maximum Gasteiger partial charge on any atom is 0.223 e. The molecule has 2 aromatic heterocycles. The van der Waals surface area contributed by atoms with Crippen LogP contribution in [0, 0.1) is 18.3 Å². The molecule has 7 heteroatoms. The van der Waals surface area contributed by atoms with Crippen molar-refractivity contribution in [2.75, 3.05) is 18.5 Å². The molecule has 2 rings (SSSR count). The highest BCUT2D eigenvalue weighted by molar-refractivity contribution is 5.62. The molecule has 7 nitrogen and oxygen atoms in total. The summed E-state index contributed by atoms with van der Waals surface area (Å²) in [7, 11) is 0. The molecule has 0 bridgehead atoms. The zero-order valence-electron chi connectivity index (χ0n) is 11.2. The Morgan fingerprint density at radius 3 is 3.05 bits per heavy atom. The molecule has 0 fully saturated rings.